The zero-order valence-corrected chi connectivity index (χ0v) is 15.8. The van der Waals surface area contributed by atoms with E-state index >= 15 is 0 Å². The van der Waals surface area contributed by atoms with Crippen LogP contribution in [0.4, 0.5) is 5.69 Å². The molecule has 0 aliphatic rings. The van der Waals surface area contributed by atoms with Crippen LogP contribution in [0, 0.1) is 6.92 Å². The monoisotopic (exact) mass is 376 g/mol. The molecule has 3 rings (SSSR count). The molecule has 2 aromatic carbocycles. The molecule has 0 saturated carbocycles. The van der Waals surface area contributed by atoms with Gasteiger partial charge in [0.1, 0.15) is 0 Å². The fourth-order valence-corrected chi connectivity index (χ4v) is 2.51. The van der Waals surface area contributed by atoms with Crippen molar-refractivity contribution in [3.8, 4) is 0 Å². The molecule has 6 heteroatoms. The zero-order valence-electron chi connectivity index (χ0n) is 15.8. The number of anilines is 1. The molecule has 1 aromatic heterocycles. The van der Waals surface area contributed by atoms with Crippen molar-refractivity contribution in [1.82, 2.24) is 10.6 Å². The van der Waals surface area contributed by atoms with E-state index in [1.807, 2.05) is 30.3 Å². The van der Waals surface area contributed by atoms with Gasteiger partial charge in [0.05, 0.1) is 12.8 Å². The summed E-state index contributed by atoms with van der Waals surface area (Å²) in [6.45, 7) is 3.59. The van der Waals surface area contributed by atoms with Gasteiger partial charge >= 0.3 is 0 Å². The van der Waals surface area contributed by atoms with Gasteiger partial charge in [-0.25, -0.2) is 4.99 Å². The van der Waals surface area contributed by atoms with Gasteiger partial charge < -0.3 is 20.4 Å². The van der Waals surface area contributed by atoms with Crippen molar-refractivity contribution in [1.29, 1.82) is 0 Å². The molecule has 0 fully saturated rings. The summed E-state index contributed by atoms with van der Waals surface area (Å²) in [6, 6.07) is 21.5. The molecule has 3 aromatic rings. The van der Waals surface area contributed by atoms with Crippen LogP contribution in [0.25, 0.3) is 0 Å². The smallest absolute Gasteiger partial charge is 0.287 e. The van der Waals surface area contributed by atoms with Gasteiger partial charge in [-0.15, -0.1) is 0 Å². The number of carbonyl (C=O) groups is 1. The first-order valence-electron chi connectivity index (χ1n) is 9.18. The first kappa shape index (κ1) is 19.2. The Kier molecular flexibility index (Phi) is 6.84. The third-order valence-electron chi connectivity index (χ3n) is 4.02. The van der Waals surface area contributed by atoms with Crippen LogP contribution in [-0.4, -0.2) is 25.0 Å². The second-order valence-corrected chi connectivity index (χ2v) is 6.30. The zero-order chi connectivity index (χ0) is 19.6. The Labute approximate surface area is 164 Å². The summed E-state index contributed by atoms with van der Waals surface area (Å²) in [5.74, 6) is 0.718. The molecule has 3 N–H and O–H groups in total. The molecule has 0 atom stereocenters. The van der Waals surface area contributed by atoms with Gasteiger partial charge in [0.15, 0.2) is 11.7 Å². The predicted molar refractivity (Wildman–Crippen MR) is 111 cm³/mol. The highest BCUT2D eigenvalue weighted by atomic mass is 16.3. The molecular weight excluding hydrogens is 352 g/mol. The van der Waals surface area contributed by atoms with E-state index in [1.54, 1.807) is 12.1 Å². The largest absolute Gasteiger partial charge is 0.459 e. The van der Waals surface area contributed by atoms with E-state index in [2.05, 4.69) is 52.1 Å². The van der Waals surface area contributed by atoms with Gasteiger partial charge in [0.25, 0.3) is 5.91 Å². The predicted octanol–water partition coefficient (Wildman–Crippen LogP) is 3.58. The fraction of sp³-hybridized carbons (Fsp3) is 0.182. The standard InChI is InChI=1S/C22H24N4O2/c1-17-9-11-18(12-10-17)16-25-22(26-19-6-3-2-4-7-19)24-14-13-23-21(27)20-8-5-15-28-20/h2-12,15H,13-14,16H2,1H3,(H,23,27)(H2,24,25,26). The molecule has 1 heterocycles. The number of nitrogens with one attached hydrogen (secondary N) is 3. The average molecular weight is 376 g/mol. The highest BCUT2D eigenvalue weighted by Crippen LogP contribution is 2.07. The van der Waals surface area contributed by atoms with Crippen LogP contribution in [0.5, 0.6) is 0 Å². The van der Waals surface area contributed by atoms with Crippen molar-refractivity contribution in [2.24, 2.45) is 4.99 Å². The maximum atomic E-state index is 11.9. The topological polar surface area (TPSA) is 78.7 Å². The van der Waals surface area contributed by atoms with E-state index in [4.69, 9.17) is 4.42 Å². The van der Waals surface area contributed by atoms with E-state index in [1.165, 1.54) is 11.8 Å². The summed E-state index contributed by atoms with van der Waals surface area (Å²) in [4.78, 5) is 16.5. The second kappa shape index (κ2) is 9.97. The molecule has 0 radical (unpaired) electrons. The van der Waals surface area contributed by atoms with E-state index in [0.29, 0.717) is 31.4 Å². The number of aryl methyl sites for hydroxylation is 1. The molecule has 28 heavy (non-hydrogen) atoms. The Bertz CT molecular complexity index is 888. The minimum absolute atomic E-state index is 0.235. The van der Waals surface area contributed by atoms with Crippen molar-refractivity contribution < 1.29 is 9.21 Å². The van der Waals surface area contributed by atoms with Crippen molar-refractivity contribution >= 4 is 17.6 Å². The molecule has 0 spiro atoms. The third kappa shape index (κ3) is 6.02. The molecule has 144 valence electrons. The molecule has 1 amide bonds. The Balaban J connectivity index is 1.56. The molecular formula is C22H24N4O2. The molecule has 6 nitrogen and oxygen atoms in total. The number of hydrogen-bond donors (Lipinski definition) is 3. The minimum Gasteiger partial charge on any atom is -0.459 e. The molecule has 0 unspecified atom stereocenters. The summed E-state index contributed by atoms with van der Waals surface area (Å²) < 4.78 is 5.08. The van der Waals surface area contributed by atoms with Crippen LogP contribution in [0.1, 0.15) is 21.7 Å². The van der Waals surface area contributed by atoms with Gasteiger partial charge in [-0.2, -0.15) is 0 Å². The van der Waals surface area contributed by atoms with Gasteiger partial charge in [-0.1, -0.05) is 48.0 Å². The number of rotatable bonds is 7. The van der Waals surface area contributed by atoms with E-state index < -0.39 is 0 Å². The number of benzene rings is 2. The maximum Gasteiger partial charge on any atom is 0.287 e. The van der Waals surface area contributed by atoms with Gasteiger partial charge in [0, 0.05) is 18.8 Å². The second-order valence-electron chi connectivity index (χ2n) is 6.30. The minimum atomic E-state index is -0.235. The first-order valence-corrected chi connectivity index (χ1v) is 9.18. The number of amides is 1. The summed E-state index contributed by atoms with van der Waals surface area (Å²) in [5.41, 5.74) is 3.30. The lowest BCUT2D eigenvalue weighted by Gasteiger charge is -2.13. The van der Waals surface area contributed by atoms with Crippen LogP contribution in [0.3, 0.4) is 0 Å². The highest BCUT2D eigenvalue weighted by molar-refractivity contribution is 5.94. The third-order valence-corrected chi connectivity index (χ3v) is 4.02. The molecule has 0 aliphatic carbocycles. The summed E-state index contributed by atoms with van der Waals surface area (Å²) in [5, 5.41) is 9.33. The Hall–Kier alpha value is -3.54. The lowest BCUT2D eigenvalue weighted by Crippen LogP contribution is -2.37. The fourth-order valence-electron chi connectivity index (χ4n) is 2.51. The maximum absolute atomic E-state index is 11.9. The first-order chi connectivity index (χ1) is 13.7. The summed E-state index contributed by atoms with van der Waals surface area (Å²) >= 11 is 0. The van der Waals surface area contributed by atoms with Gasteiger partial charge in [-0.05, 0) is 36.8 Å². The summed E-state index contributed by atoms with van der Waals surface area (Å²) in [6.07, 6.45) is 1.48. The number of carbonyl (C=O) groups excluding carboxylic acids is 1. The number of guanidine groups is 1. The van der Waals surface area contributed by atoms with Crippen molar-refractivity contribution in [2.75, 3.05) is 18.4 Å². The average Bonchev–Trinajstić information content (AvgIpc) is 3.26. The van der Waals surface area contributed by atoms with E-state index in [-0.39, 0.29) is 5.91 Å². The van der Waals surface area contributed by atoms with Crippen LogP contribution < -0.4 is 16.0 Å². The Morgan fingerprint density at radius 2 is 1.68 bits per heavy atom. The number of hydrogen-bond acceptors (Lipinski definition) is 3. The normalized spacial score (nSPS) is 11.1. The SMILES string of the molecule is Cc1ccc(CN=C(NCCNC(=O)c2ccco2)Nc2ccccc2)cc1. The number of nitrogens with zero attached hydrogens (tertiary/aromatic N) is 1. The quantitative estimate of drug-likeness (QED) is 0.335. The number of aliphatic imine (C=N–C) groups is 1. The van der Waals surface area contributed by atoms with Crippen LogP contribution in [0.15, 0.2) is 82.4 Å². The number of para-hydroxylation sites is 1. The highest BCUT2D eigenvalue weighted by Gasteiger charge is 2.07. The molecule has 0 aliphatic heterocycles. The number of furan rings is 1. The van der Waals surface area contributed by atoms with Crippen LogP contribution in [-0.2, 0) is 6.54 Å². The lowest BCUT2D eigenvalue weighted by atomic mass is 10.1. The van der Waals surface area contributed by atoms with Gasteiger partial charge in [0.2, 0.25) is 0 Å². The van der Waals surface area contributed by atoms with Crippen LogP contribution in [0.2, 0.25) is 0 Å². The van der Waals surface area contributed by atoms with E-state index in [9.17, 15) is 4.79 Å². The van der Waals surface area contributed by atoms with E-state index in [0.717, 1.165) is 11.3 Å². The van der Waals surface area contributed by atoms with Crippen LogP contribution >= 0.6 is 0 Å². The van der Waals surface area contributed by atoms with Crippen molar-refractivity contribution in [3.05, 3.63) is 89.9 Å². The summed E-state index contributed by atoms with van der Waals surface area (Å²) in [7, 11) is 0. The van der Waals surface area contributed by atoms with Gasteiger partial charge in [-0.3, -0.25) is 4.79 Å². The van der Waals surface area contributed by atoms with Crippen molar-refractivity contribution in [3.63, 3.8) is 0 Å². The molecule has 0 saturated heterocycles. The lowest BCUT2D eigenvalue weighted by molar-refractivity contribution is 0.0926. The Morgan fingerprint density at radius 3 is 2.39 bits per heavy atom. The van der Waals surface area contributed by atoms with Crippen molar-refractivity contribution in [2.45, 2.75) is 13.5 Å². The Morgan fingerprint density at radius 1 is 0.929 bits per heavy atom. The molecule has 0 bridgehead atoms.